The summed E-state index contributed by atoms with van der Waals surface area (Å²) >= 11 is 0. The molecule has 0 radical (unpaired) electrons. The Balaban J connectivity index is 1.88. The van der Waals surface area contributed by atoms with E-state index in [4.69, 9.17) is 0 Å². The van der Waals surface area contributed by atoms with Crippen molar-refractivity contribution in [3.8, 4) is 0 Å². The summed E-state index contributed by atoms with van der Waals surface area (Å²) in [5.41, 5.74) is 0.963. The number of aromatic nitrogens is 2. The van der Waals surface area contributed by atoms with Crippen molar-refractivity contribution in [1.82, 2.24) is 15.3 Å². The lowest BCUT2D eigenvalue weighted by Crippen LogP contribution is -2.29. The molecule has 1 unspecified atom stereocenters. The van der Waals surface area contributed by atoms with E-state index in [9.17, 15) is 0 Å². The first-order valence-electron chi connectivity index (χ1n) is 5.11. The average Bonchev–Trinajstić information content (AvgIpc) is 2.69. The van der Waals surface area contributed by atoms with Crippen molar-refractivity contribution in [1.29, 1.82) is 0 Å². The number of hydrogen-bond acceptors (Lipinski definition) is 4. The summed E-state index contributed by atoms with van der Waals surface area (Å²) in [6, 6.07) is 0.594. The van der Waals surface area contributed by atoms with Crippen molar-refractivity contribution in [2.24, 2.45) is 0 Å². The van der Waals surface area contributed by atoms with Gasteiger partial charge in [0.25, 0.3) is 0 Å². The minimum atomic E-state index is 0.594. The van der Waals surface area contributed by atoms with Crippen molar-refractivity contribution in [3.05, 3.63) is 18.1 Å². The van der Waals surface area contributed by atoms with Gasteiger partial charge in [0.2, 0.25) is 0 Å². The highest BCUT2D eigenvalue weighted by Gasteiger charge is 2.13. The minimum absolute atomic E-state index is 0.594. The number of nitrogens with zero attached hydrogens (tertiary/aromatic N) is 2. The number of nitrogens with one attached hydrogen (secondary N) is 2. The molecule has 0 amide bonds. The van der Waals surface area contributed by atoms with E-state index < -0.39 is 0 Å². The molecule has 0 saturated carbocycles. The van der Waals surface area contributed by atoms with Crippen LogP contribution in [0.4, 0.5) is 5.82 Å². The fraction of sp³-hybridized carbons (Fsp3) is 0.600. The highest BCUT2D eigenvalue weighted by molar-refractivity contribution is 5.38. The van der Waals surface area contributed by atoms with Crippen molar-refractivity contribution in [2.75, 3.05) is 18.4 Å². The second-order valence-corrected chi connectivity index (χ2v) is 3.66. The van der Waals surface area contributed by atoms with Crippen LogP contribution in [0.15, 0.2) is 12.4 Å². The molecule has 0 spiro atoms. The zero-order chi connectivity index (χ0) is 9.80. The van der Waals surface area contributed by atoms with Crippen molar-refractivity contribution < 1.29 is 0 Å². The predicted octanol–water partition coefficient (Wildman–Crippen LogP) is 0.949. The van der Waals surface area contributed by atoms with Crippen LogP contribution in [0.1, 0.15) is 18.5 Å². The van der Waals surface area contributed by atoms with Gasteiger partial charge in [0.15, 0.2) is 0 Å². The summed E-state index contributed by atoms with van der Waals surface area (Å²) in [7, 11) is 0. The van der Waals surface area contributed by atoms with Crippen LogP contribution in [0.2, 0.25) is 0 Å². The molecule has 1 aromatic heterocycles. The lowest BCUT2D eigenvalue weighted by atomic mass is 10.2. The third kappa shape index (κ3) is 2.20. The summed E-state index contributed by atoms with van der Waals surface area (Å²) in [6.07, 6.45) is 5.98. The maximum atomic E-state index is 4.24. The standard InChI is InChI=1S/C10H16N4/c1-8-10(13-6-5-11-8)14-7-9-3-2-4-12-9/h5-6,9,12H,2-4,7H2,1H3,(H,13,14). The molecule has 0 aliphatic carbocycles. The van der Waals surface area contributed by atoms with Gasteiger partial charge in [-0.15, -0.1) is 0 Å². The molecule has 0 bridgehead atoms. The summed E-state index contributed by atoms with van der Waals surface area (Å²) in [6.45, 7) is 4.06. The van der Waals surface area contributed by atoms with Gasteiger partial charge in [-0.3, -0.25) is 4.98 Å². The fourth-order valence-electron chi connectivity index (χ4n) is 1.73. The minimum Gasteiger partial charge on any atom is -0.367 e. The first kappa shape index (κ1) is 9.40. The van der Waals surface area contributed by atoms with Gasteiger partial charge < -0.3 is 10.6 Å². The van der Waals surface area contributed by atoms with Crippen molar-refractivity contribution >= 4 is 5.82 Å². The van der Waals surface area contributed by atoms with Crippen LogP contribution < -0.4 is 10.6 Å². The Labute approximate surface area is 84.2 Å². The van der Waals surface area contributed by atoms with E-state index in [1.54, 1.807) is 12.4 Å². The van der Waals surface area contributed by atoms with Gasteiger partial charge in [0.1, 0.15) is 5.82 Å². The number of rotatable bonds is 3. The van der Waals surface area contributed by atoms with Crippen LogP contribution >= 0.6 is 0 Å². The predicted molar refractivity (Wildman–Crippen MR) is 56.3 cm³/mol. The first-order chi connectivity index (χ1) is 6.86. The van der Waals surface area contributed by atoms with E-state index in [1.807, 2.05) is 6.92 Å². The van der Waals surface area contributed by atoms with E-state index in [-0.39, 0.29) is 0 Å². The molecule has 2 N–H and O–H groups in total. The maximum absolute atomic E-state index is 4.24. The van der Waals surface area contributed by atoms with Gasteiger partial charge in [0.05, 0.1) is 5.69 Å². The molecule has 1 atom stereocenters. The average molecular weight is 192 g/mol. The molecule has 1 fully saturated rings. The van der Waals surface area contributed by atoms with Crippen LogP contribution in [0, 0.1) is 6.92 Å². The Bertz CT molecular complexity index is 294. The molecular formula is C10H16N4. The maximum Gasteiger partial charge on any atom is 0.147 e. The lowest BCUT2D eigenvalue weighted by Gasteiger charge is -2.12. The zero-order valence-electron chi connectivity index (χ0n) is 8.45. The third-order valence-electron chi connectivity index (χ3n) is 2.56. The molecule has 4 nitrogen and oxygen atoms in total. The molecule has 1 aliphatic heterocycles. The SMILES string of the molecule is Cc1nccnc1NCC1CCCN1. The molecule has 0 aromatic carbocycles. The molecule has 4 heteroatoms. The van der Waals surface area contributed by atoms with Gasteiger partial charge in [-0.2, -0.15) is 0 Å². The molecule has 1 aromatic rings. The molecule has 76 valence electrons. The van der Waals surface area contributed by atoms with Gasteiger partial charge >= 0.3 is 0 Å². The van der Waals surface area contributed by atoms with Gasteiger partial charge in [0, 0.05) is 25.0 Å². The second-order valence-electron chi connectivity index (χ2n) is 3.66. The third-order valence-corrected chi connectivity index (χ3v) is 2.56. The van der Waals surface area contributed by atoms with E-state index in [0.717, 1.165) is 24.6 Å². The van der Waals surface area contributed by atoms with Crippen LogP contribution in [0.3, 0.4) is 0 Å². The molecule has 1 saturated heterocycles. The summed E-state index contributed by atoms with van der Waals surface area (Å²) < 4.78 is 0. The molecular weight excluding hydrogens is 176 g/mol. The molecule has 2 rings (SSSR count). The van der Waals surface area contributed by atoms with Gasteiger partial charge in [-0.25, -0.2) is 4.98 Å². The summed E-state index contributed by atoms with van der Waals surface area (Å²) in [5.74, 6) is 0.904. The normalized spacial score (nSPS) is 21.1. The topological polar surface area (TPSA) is 49.8 Å². The van der Waals surface area contributed by atoms with Crippen LogP contribution in [-0.2, 0) is 0 Å². The van der Waals surface area contributed by atoms with E-state index in [1.165, 1.54) is 12.8 Å². The van der Waals surface area contributed by atoms with E-state index in [2.05, 4.69) is 20.6 Å². The first-order valence-corrected chi connectivity index (χ1v) is 5.11. The van der Waals surface area contributed by atoms with Gasteiger partial charge in [-0.1, -0.05) is 0 Å². The smallest absolute Gasteiger partial charge is 0.147 e. The van der Waals surface area contributed by atoms with Gasteiger partial charge in [-0.05, 0) is 26.3 Å². The largest absolute Gasteiger partial charge is 0.367 e. The number of anilines is 1. The Morgan fingerprint density at radius 1 is 1.50 bits per heavy atom. The highest BCUT2D eigenvalue weighted by Crippen LogP contribution is 2.09. The van der Waals surface area contributed by atoms with Crippen molar-refractivity contribution in [3.63, 3.8) is 0 Å². The van der Waals surface area contributed by atoms with Crippen molar-refractivity contribution in [2.45, 2.75) is 25.8 Å². The molecule has 1 aliphatic rings. The molecule has 2 heterocycles. The van der Waals surface area contributed by atoms with Crippen LogP contribution in [0.5, 0.6) is 0 Å². The highest BCUT2D eigenvalue weighted by atomic mass is 15.1. The Morgan fingerprint density at radius 2 is 2.36 bits per heavy atom. The number of hydrogen-bond donors (Lipinski definition) is 2. The monoisotopic (exact) mass is 192 g/mol. The summed E-state index contributed by atoms with van der Waals surface area (Å²) in [5, 5.41) is 6.75. The Kier molecular flexibility index (Phi) is 2.93. The molecule has 14 heavy (non-hydrogen) atoms. The Morgan fingerprint density at radius 3 is 3.07 bits per heavy atom. The fourth-order valence-corrected chi connectivity index (χ4v) is 1.73. The number of aryl methyl sites for hydroxylation is 1. The lowest BCUT2D eigenvalue weighted by molar-refractivity contribution is 0.632. The van der Waals surface area contributed by atoms with Crippen LogP contribution in [0.25, 0.3) is 0 Å². The van der Waals surface area contributed by atoms with Crippen LogP contribution in [-0.4, -0.2) is 29.1 Å². The van der Waals surface area contributed by atoms with E-state index in [0.29, 0.717) is 6.04 Å². The zero-order valence-corrected chi connectivity index (χ0v) is 8.45. The second kappa shape index (κ2) is 4.37. The summed E-state index contributed by atoms with van der Waals surface area (Å²) in [4.78, 5) is 8.42. The quantitative estimate of drug-likeness (QED) is 0.748. The Hall–Kier alpha value is -1.16. The van der Waals surface area contributed by atoms with E-state index >= 15 is 0 Å².